The van der Waals surface area contributed by atoms with E-state index in [1.165, 1.54) is 77.0 Å². The van der Waals surface area contributed by atoms with E-state index in [1.54, 1.807) is 0 Å². The Bertz CT molecular complexity index is 1030. The Morgan fingerprint density at radius 1 is 0.618 bits per heavy atom. The first-order valence-electron chi connectivity index (χ1n) is 21.7. The summed E-state index contributed by atoms with van der Waals surface area (Å²) in [6.45, 7) is 4.87. The zero-order valence-electron chi connectivity index (χ0n) is 34.2. The molecule has 2 unspecified atom stereocenters. The second kappa shape index (κ2) is 36.0. The van der Waals surface area contributed by atoms with Crippen LogP contribution in [0.1, 0.15) is 167 Å². The van der Waals surface area contributed by atoms with Crippen LogP contribution in [0.25, 0.3) is 0 Å². The molecule has 0 bridgehead atoms. The maximum atomic E-state index is 12.7. The highest BCUT2D eigenvalue weighted by molar-refractivity contribution is 5.70. The molecule has 10 nitrogen and oxygen atoms in total. The van der Waals surface area contributed by atoms with Gasteiger partial charge in [0.15, 0.2) is 12.4 Å². The Hall–Kier alpha value is -2.34. The van der Waals surface area contributed by atoms with Crippen LogP contribution in [-0.2, 0) is 28.5 Å². The van der Waals surface area contributed by atoms with E-state index in [2.05, 4.69) is 50.0 Å². The van der Waals surface area contributed by atoms with Crippen molar-refractivity contribution in [2.24, 2.45) is 0 Å². The van der Waals surface area contributed by atoms with E-state index in [4.69, 9.17) is 18.9 Å². The Kier molecular flexibility index (Phi) is 33.2. The highest BCUT2D eigenvalue weighted by Gasteiger charge is 2.44. The van der Waals surface area contributed by atoms with Crippen molar-refractivity contribution in [3.63, 3.8) is 0 Å². The maximum absolute atomic E-state index is 12.7. The first-order chi connectivity index (χ1) is 26.8. The van der Waals surface area contributed by atoms with Gasteiger partial charge in [0.05, 0.1) is 13.2 Å². The fourth-order valence-corrected chi connectivity index (χ4v) is 6.35. The molecule has 1 aliphatic rings. The summed E-state index contributed by atoms with van der Waals surface area (Å²) in [7, 11) is 0. The third-order valence-corrected chi connectivity index (χ3v) is 9.83. The number of hydrogen-bond acceptors (Lipinski definition) is 10. The Morgan fingerprint density at radius 2 is 1.11 bits per heavy atom. The number of esters is 2. The van der Waals surface area contributed by atoms with Gasteiger partial charge in [0.1, 0.15) is 31.0 Å². The lowest BCUT2D eigenvalue weighted by molar-refractivity contribution is -0.305. The summed E-state index contributed by atoms with van der Waals surface area (Å²) < 4.78 is 22.1. The highest BCUT2D eigenvalue weighted by atomic mass is 16.7. The molecular weight excluding hydrogens is 700 g/mol. The Morgan fingerprint density at radius 3 is 1.67 bits per heavy atom. The van der Waals surface area contributed by atoms with Gasteiger partial charge >= 0.3 is 11.9 Å². The first kappa shape index (κ1) is 50.7. The minimum absolute atomic E-state index is 0.219. The molecule has 1 rings (SSSR count). The van der Waals surface area contributed by atoms with Gasteiger partial charge in [-0.3, -0.25) is 9.59 Å². The minimum atomic E-state index is -1.60. The molecule has 0 aromatic carbocycles. The van der Waals surface area contributed by atoms with Crippen LogP contribution in [0.15, 0.2) is 49.1 Å². The van der Waals surface area contributed by atoms with Gasteiger partial charge in [-0.2, -0.15) is 0 Å². The largest absolute Gasteiger partial charge is 0.462 e. The summed E-state index contributed by atoms with van der Waals surface area (Å²) in [5.41, 5.74) is 0. The lowest BCUT2D eigenvalue weighted by Gasteiger charge is -2.39. The van der Waals surface area contributed by atoms with Crippen LogP contribution in [0, 0.1) is 0 Å². The zero-order chi connectivity index (χ0) is 40.2. The van der Waals surface area contributed by atoms with Gasteiger partial charge in [0.25, 0.3) is 0 Å². The fourth-order valence-electron chi connectivity index (χ4n) is 6.35. The van der Waals surface area contributed by atoms with Crippen LogP contribution in [0.3, 0.4) is 0 Å². The van der Waals surface area contributed by atoms with Gasteiger partial charge in [-0.1, -0.05) is 133 Å². The topological polar surface area (TPSA) is 152 Å². The average molecular weight is 779 g/mol. The standard InChI is InChI=1S/C45H78O10/c1-3-5-7-9-11-13-15-17-19-21-23-25-27-29-31-33-40(47)52-36-38(37-53-45-44(51)43(50)42(49)39(35-46)55-45)54-41(48)34-32-30-28-26-24-22-20-18-16-14-12-10-8-6-4-2/h4,11,13,17,19,23,25,38-39,42-46,49-51H,2-3,5-10,12,14-16,18,20-22,24,26-37H2,1H3/b13-11+,19-17+,25-23+/t38-,39-,42+,43?,44?,45-/m0/s1. The van der Waals surface area contributed by atoms with Crippen LogP contribution in [0.4, 0.5) is 0 Å². The third kappa shape index (κ3) is 27.8. The number of aliphatic hydroxyl groups excluding tert-OH is 4. The van der Waals surface area contributed by atoms with Gasteiger partial charge in [-0.25, -0.2) is 0 Å². The van der Waals surface area contributed by atoms with E-state index in [9.17, 15) is 30.0 Å². The molecule has 55 heavy (non-hydrogen) atoms. The number of allylic oxidation sites excluding steroid dienone is 7. The fraction of sp³-hybridized carbons (Fsp3) is 0.778. The second-order valence-electron chi connectivity index (χ2n) is 14.9. The first-order valence-corrected chi connectivity index (χ1v) is 21.7. The van der Waals surface area contributed by atoms with Crippen LogP contribution >= 0.6 is 0 Å². The number of aliphatic hydroxyl groups is 4. The monoisotopic (exact) mass is 779 g/mol. The number of carbonyl (C=O) groups is 2. The summed E-state index contributed by atoms with van der Waals surface area (Å²) >= 11 is 0. The van der Waals surface area contributed by atoms with Gasteiger partial charge in [0, 0.05) is 12.8 Å². The van der Waals surface area contributed by atoms with Crippen molar-refractivity contribution in [3.8, 4) is 0 Å². The van der Waals surface area contributed by atoms with Gasteiger partial charge < -0.3 is 39.4 Å². The normalized spacial score (nSPS) is 20.8. The molecule has 0 amide bonds. The summed E-state index contributed by atoms with van der Waals surface area (Å²) in [6.07, 6.45) is 32.9. The molecule has 1 aliphatic heterocycles. The van der Waals surface area contributed by atoms with Crippen molar-refractivity contribution >= 4 is 11.9 Å². The van der Waals surface area contributed by atoms with Crippen molar-refractivity contribution in [3.05, 3.63) is 49.1 Å². The number of hydrogen-bond donors (Lipinski definition) is 4. The zero-order valence-corrected chi connectivity index (χ0v) is 34.2. The van der Waals surface area contributed by atoms with E-state index in [-0.39, 0.29) is 26.1 Å². The van der Waals surface area contributed by atoms with Crippen molar-refractivity contribution < 1.29 is 49.0 Å². The number of unbranched alkanes of at least 4 members (excludes halogenated alkanes) is 18. The van der Waals surface area contributed by atoms with Crippen molar-refractivity contribution in [1.29, 1.82) is 0 Å². The lowest BCUT2D eigenvalue weighted by Crippen LogP contribution is -2.59. The van der Waals surface area contributed by atoms with E-state index < -0.39 is 55.4 Å². The predicted octanol–water partition coefficient (Wildman–Crippen LogP) is 8.88. The smallest absolute Gasteiger partial charge is 0.306 e. The van der Waals surface area contributed by atoms with E-state index >= 15 is 0 Å². The molecule has 6 atom stereocenters. The Labute approximate surface area is 333 Å². The molecule has 0 radical (unpaired) electrons. The summed E-state index contributed by atoms with van der Waals surface area (Å²) in [5.74, 6) is -0.855. The van der Waals surface area contributed by atoms with Crippen molar-refractivity contribution in [2.75, 3.05) is 19.8 Å². The SMILES string of the molecule is C=CCCCCCCCCCCCCCCCC(=O)O[C@@H](COC(=O)CCCC/C=C/C/C=C/C/C=C/CCCCC)CO[C@H]1O[C@@H](CO)[C@@H](O)C(O)C1O. The van der Waals surface area contributed by atoms with Crippen molar-refractivity contribution in [2.45, 2.75) is 204 Å². The molecular formula is C45H78O10. The maximum Gasteiger partial charge on any atom is 0.306 e. The van der Waals surface area contributed by atoms with Crippen LogP contribution in [0.5, 0.6) is 0 Å². The third-order valence-electron chi connectivity index (χ3n) is 9.83. The molecule has 1 heterocycles. The molecule has 10 heteroatoms. The lowest BCUT2D eigenvalue weighted by atomic mass is 9.99. The summed E-state index contributed by atoms with van der Waals surface area (Å²) in [4.78, 5) is 25.3. The average Bonchev–Trinajstić information content (AvgIpc) is 3.18. The van der Waals surface area contributed by atoms with Crippen LogP contribution in [0.2, 0.25) is 0 Å². The molecule has 4 N–H and O–H groups in total. The van der Waals surface area contributed by atoms with Gasteiger partial charge in [0.2, 0.25) is 0 Å². The van der Waals surface area contributed by atoms with E-state index in [0.717, 1.165) is 57.8 Å². The quantitative estimate of drug-likeness (QED) is 0.0276. The van der Waals surface area contributed by atoms with Crippen LogP contribution < -0.4 is 0 Å². The van der Waals surface area contributed by atoms with Crippen molar-refractivity contribution in [1.82, 2.24) is 0 Å². The predicted molar refractivity (Wildman–Crippen MR) is 219 cm³/mol. The number of rotatable bonds is 36. The molecule has 318 valence electrons. The van der Waals surface area contributed by atoms with E-state index in [1.807, 2.05) is 6.08 Å². The molecule has 0 saturated carbocycles. The number of ether oxygens (including phenoxy) is 4. The molecule has 0 aromatic heterocycles. The Balaban J connectivity index is 2.37. The highest BCUT2D eigenvalue weighted by Crippen LogP contribution is 2.22. The van der Waals surface area contributed by atoms with Crippen LogP contribution in [-0.4, -0.2) is 89.0 Å². The number of carbonyl (C=O) groups excluding carboxylic acids is 2. The van der Waals surface area contributed by atoms with Gasteiger partial charge in [-0.05, 0) is 64.2 Å². The summed E-state index contributed by atoms with van der Waals surface area (Å²) in [5, 5.41) is 40.0. The summed E-state index contributed by atoms with van der Waals surface area (Å²) in [6, 6.07) is 0. The molecule has 0 aliphatic carbocycles. The molecule has 1 saturated heterocycles. The minimum Gasteiger partial charge on any atom is -0.462 e. The molecule has 0 aromatic rings. The molecule has 1 fully saturated rings. The second-order valence-corrected chi connectivity index (χ2v) is 14.9. The van der Waals surface area contributed by atoms with E-state index in [0.29, 0.717) is 12.8 Å². The van der Waals surface area contributed by atoms with Gasteiger partial charge in [-0.15, -0.1) is 6.58 Å². The molecule has 0 spiro atoms.